The molecular formula is C20H22F2N2O4S. The van der Waals surface area contributed by atoms with Crippen molar-refractivity contribution in [1.82, 2.24) is 9.62 Å². The minimum absolute atomic E-state index is 0.0519. The van der Waals surface area contributed by atoms with Crippen LogP contribution in [-0.2, 0) is 32.5 Å². The van der Waals surface area contributed by atoms with Crippen LogP contribution in [0.15, 0.2) is 47.4 Å². The van der Waals surface area contributed by atoms with Crippen LogP contribution in [0.1, 0.15) is 17.5 Å². The summed E-state index contributed by atoms with van der Waals surface area (Å²) in [5, 5.41) is 2.70. The number of carbonyl (C=O) groups is 1. The molecule has 3 rings (SSSR count). The zero-order chi connectivity index (χ0) is 20.9. The number of hydrogen-bond acceptors (Lipinski definition) is 4. The Hall–Kier alpha value is -2.36. The van der Waals surface area contributed by atoms with Crippen molar-refractivity contribution in [1.29, 1.82) is 0 Å². The fraction of sp³-hybridized carbons (Fsp3) is 0.350. The van der Waals surface area contributed by atoms with Gasteiger partial charge in [-0.3, -0.25) is 4.79 Å². The molecule has 0 unspecified atom stereocenters. The van der Waals surface area contributed by atoms with Crippen LogP contribution in [0.2, 0.25) is 0 Å². The molecular weight excluding hydrogens is 402 g/mol. The standard InChI is InChI=1S/C20H22F2N2O4S/c21-17-7-5-15(13-18(17)22)6-8-20(25)23-14-16-3-1-2-4-19(16)29(26,27)24-9-11-28-12-10-24/h1-5,7,13H,6,8-12,14H2,(H,23,25). The van der Waals surface area contributed by atoms with Crippen molar-refractivity contribution in [2.45, 2.75) is 24.3 Å². The van der Waals surface area contributed by atoms with Crippen LogP contribution in [0.3, 0.4) is 0 Å². The Balaban J connectivity index is 1.62. The molecule has 2 aromatic rings. The van der Waals surface area contributed by atoms with Crippen LogP contribution in [0, 0.1) is 11.6 Å². The van der Waals surface area contributed by atoms with E-state index in [1.165, 1.54) is 16.4 Å². The van der Waals surface area contributed by atoms with Crippen LogP contribution in [0.25, 0.3) is 0 Å². The summed E-state index contributed by atoms with van der Waals surface area (Å²) < 4.78 is 58.6. The number of sulfonamides is 1. The van der Waals surface area contributed by atoms with E-state index in [0.29, 0.717) is 24.3 Å². The highest BCUT2D eigenvalue weighted by Gasteiger charge is 2.28. The van der Waals surface area contributed by atoms with Gasteiger partial charge in [-0.25, -0.2) is 17.2 Å². The second kappa shape index (κ2) is 9.43. The lowest BCUT2D eigenvalue weighted by molar-refractivity contribution is -0.121. The topological polar surface area (TPSA) is 75.7 Å². The Labute approximate surface area is 168 Å². The molecule has 1 N–H and O–H groups in total. The van der Waals surface area contributed by atoms with Crippen molar-refractivity contribution in [3.63, 3.8) is 0 Å². The lowest BCUT2D eigenvalue weighted by Gasteiger charge is -2.27. The van der Waals surface area contributed by atoms with Gasteiger partial charge in [0.05, 0.1) is 18.1 Å². The van der Waals surface area contributed by atoms with Gasteiger partial charge in [0, 0.05) is 26.1 Å². The minimum Gasteiger partial charge on any atom is -0.379 e. The molecule has 2 aromatic carbocycles. The van der Waals surface area contributed by atoms with E-state index in [4.69, 9.17) is 4.74 Å². The number of benzene rings is 2. The van der Waals surface area contributed by atoms with E-state index in [-0.39, 0.29) is 43.3 Å². The second-order valence-electron chi connectivity index (χ2n) is 6.65. The molecule has 0 aromatic heterocycles. The first-order chi connectivity index (χ1) is 13.9. The first kappa shape index (κ1) is 21.4. The molecule has 1 aliphatic heterocycles. The third kappa shape index (κ3) is 5.37. The zero-order valence-corrected chi connectivity index (χ0v) is 16.6. The number of hydrogen-bond donors (Lipinski definition) is 1. The van der Waals surface area contributed by atoms with E-state index >= 15 is 0 Å². The normalized spacial score (nSPS) is 15.2. The van der Waals surface area contributed by atoms with Gasteiger partial charge in [-0.15, -0.1) is 0 Å². The minimum atomic E-state index is -3.68. The van der Waals surface area contributed by atoms with Gasteiger partial charge in [-0.2, -0.15) is 4.31 Å². The van der Waals surface area contributed by atoms with Crippen molar-refractivity contribution in [3.8, 4) is 0 Å². The van der Waals surface area contributed by atoms with Gasteiger partial charge < -0.3 is 10.1 Å². The van der Waals surface area contributed by atoms with Gasteiger partial charge in [0.25, 0.3) is 0 Å². The number of halogens is 2. The highest BCUT2D eigenvalue weighted by atomic mass is 32.2. The molecule has 1 aliphatic rings. The molecule has 0 spiro atoms. The number of morpholine rings is 1. The Morgan fingerprint density at radius 3 is 2.52 bits per heavy atom. The van der Waals surface area contributed by atoms with E-state index in [1.54, 1.807) is 18.2 Å². The van der Waals surface area contributed by atoms with Gasteiger partial charge in [0.2, 0.25) is 15.9 Å². The van der Waals surface area contributed by atoms with Gasteiger partial charge in [0.15, 0.2) is 11.6 Å². The number of aryl methyl sites for hydroxylation is 1. The maximum Gasteiger partial charge on any atom is 0.243 e. The van der Waals surface area contributed by atoms with E-state index in [2.05, 4.69) is 5.32 Å². The Morgan fingerprint density at radius 2 is 1.79 bits per heavy atom. The molecule has 1 amide bonds. The summed E-state index contributed by atoms with van der Waals surface area (Å²) in [6.07, 6.45) is 0.320. The number of rotatable bonds is 7. The maximum atomic E-state index is 13.2. The van der Waals surface area contributed by atoms with Gasteiger partial charge in [-0.05, 0) is 35.7 Å². The molecule has 0 aliphatic carbocycles. The second-order valence-corrected chi connectivity index (χ2v) is 8.56. The monoisotopic (exact) mass is 424 g/mol. The largest absolute Gasteiger partial charge is 0.379 e. The van der Waals surface area contributed by atoms with Gasteiger partial charge >= 0.3 is 0 Å². The number of nitrogens with zero attached hydrogens (tertiary/aromatic N) is 1. The molecule has 6 nitrogen and oxygen atoms in total. The molecule has 9 heteroatoms. The van der Waals surface area contributed by atoms with E-state index in [0.717, 1.165) is 12.1 Å². The number of nitrogens with one attached hydrogen (secondary N) is 1. The summed E-state index contributed by atoms with van der Waals surface area (Å²) in [7, 11) is -3.68. The maximum absolute atomic E-state index is 13.2. The Kier molecular flexibility index (Phi) is 6.94. The summed E-state index contributed by atoms with van der Waals surface area (Å²) in [6.45, 7) is 1.33. The highest BCUT2D eigenvalue weighted by molar-refractivity contribution is 7.89. The Morgan fingerprint density at radius 1 is 1.07 bits per heavy atom. The zero-order valence-electron chi connectivity index (χ0n) is 15.7. The van der Waals surface area contributed by atoms with Crippen molar-refractivity contribution in [2.24, 2.45) is 0 Å². The molecule has 1 heterocycles. The summed E-state index contributed by atoms with van der Waals surface area (Å²) in [6, 6.07) is 10.0. The number of amides is 1. The van der Waals surface area contributed by atoms with Crippen molar-refractivity contribution >= 4 is 15.9 Å². The summed E-state index contributed by atoms with van der Waals surface area (Å²) in [5.41, 5.74) is 0.995. The Bertz CT molecular complexity index is 976. The van der Waals surface area contributed by atoms with Crippen LogP contribution in [0.5, 0.6) is 0 Å². The average molecular weight is 424 g/mol. The summed E-state index contributed by atoms with van der Waals surface area (Å²) >= 11 is 0. The van der Waals surface area contributed by atoms with Gasteiger partial charge in [-0.1, -0.05) is 24.3 Å². The first-order valence-corrected chi connectivity index (χ1v) is 10.7. The van der Waals surface area contributed by atoms with Crippen LogP contribution >= 0.6 is 0 Å². The molecule has 156 valence electrons. The SMILES string of the molecule is O=C(CCc1ccc(F)c(F)c1)NCc1ccccc1S(=O)(=O)N1CCOCC1. The average Bonchev–Trinajstić information content (AvgIpc) is 2.74. The molecule has 0 radical (unpaired) electrons. The number of carbonyl (C=O) groups excluding carboxylic acids is 1. The molecule has 29 heavy (non-hydrogen) atoms. The predicted molar refractivity (Wildman–Crippen MR) is 103 cm³/mol. The summed E-state index contributed by atoms with van der Waals surface area (Å²) in [5.74, 6) is -2.20. The van der Waals surface area contributed by atoms with Crippen LogP contribution in [-0.4, -0.2) is 44.9 Å². The fourth-order valence-corrected chi connectivity index (χ4v) is 4.69. The lowest BCUT2D eigenvalue weighted by atomic mass is 10.1. The quantitative estimate of drug-likeness (QED) is 0.740. The number of ether oxygens (including phenoxy) is 1. The third-order valence-electron chi connectivity index (χ3n) is 4.66. The van der Waals surface area contributed by atoms with E-state index in [1.807, 2.05) is 0 Å². The van der Waals surface area contributed by atoms with Crippen LogP contribution < -0.4 is 5.32 Å². The molecule has 0 atom stereocenters. The summed E-state index contributed by atoms with van der Waals surface area (Å²) in [4.78, 5) is 12.3. The third-order valence-corrected chi connectivity index (χ3v) is 6.66. The molecule has 0 saturated carbocycles. The smallest absolute Gasteiger partial charge is 0.243 e. The van der Waals surface area contributed by atoms with E-state index in [9.17, 15) is 22.0 Å². The fourth-order valence-electron chi connectivity index (χ4n) is 3.06. The molecule has 1 saturated heterocycles. The lowest BCUT2D eigenvalue weighted by Crippen LogP contribution is -2.41. The molecule has 0 bridgehead atoms. The predicted octanol–water partition coefficient (Wildman–Crippen LogP) is 2.23. The van der Waals surface area contributed by atoms with Crippen molar-refractivity contribution < 1.29 is 26.7 Å². The van der Waals surface area contributed by atoms with Crippen molar-refractivity contribution in [2.75, 3.05) is 26.3 Å². The van der Waals surface area contributed by atoms with Crippen molar-refractivity contribution in [3.05, 3.63) is 65.2 Å². The van der Waals surface area contributed by atoms with Crippen LogP contribution in [0.4, 0.5) is 8.78 Å². The van der Waals surface area contributed by atoms with E-state index < -0.39 is 21.7 Å². The highest BCUT2D eigenvalue weighted by Crippen LogP contribution is 2.21. The molecule has 1 fully saturated rings. The first-order valence-electron chi connectivity index (χ1n) is 9.24. The van der Waals surface area contributed by atoms with Gasteiger partial charge in [0.1, 0.15) is 0 Å².